The van der Waals surface area contributed by atoms with Crippen LogP contribution in [0.3, 0.4) is 0 Å². The molecule has 2 saturated heterocycles. The number of amides is 2. The van der Waals surface area contributed by atoms with Crippen molar-refractivity contribution < 1.29 is 18.8 Å². The molecule has 0 saturated carbocycles. The Labute approximate surface area is 153 Å². The first-order chi connectivity index (χ1) is 12.3. The van der Waals surface area contributed by atoms with E-state index in [1.165, 1.54) is 0 Å². The van der Waals surface area contributed by atoms with E-state index in [0.29, 0.717) is 38.7 Å². The fourth-order valence-electron chi connectivity index (χ4n) is 3.17. The van der Waals surface area contributed by atoms with E-state index in [1.54, 1.807) is 6.07 Å². The summed E-state index contributed by atoms with van der Waals surface area (Å²) < 4.78 is 10.7. The van der Waals surface area contributed by atoms with Crippen molar-refractivity contribution in [1.82, 2.24) is 15.0 Å². The Kier molecular flexibility index (Phi) is 5.62. The summed E-state index contributed by atoms with van der Waals surface area (Å²) in [6.07, 6.45) is 1.50. The molecule has 1 N–H and O–H groups in total. The average Bonchev–Trinajstić information content (AvgIpc) is 3.26. The van der Waals surface area contributed by atoms with Gasteiger partial charge < -0.3 is 14.2 Å². The van der Waals surface area contributed by atoms with E-state index in [2.05, 4.69) is 10.5 Å². The maximum absolute atomic E-state index is 12.3. The van der Waals surface area contributed by atoms with Crippen LogP contribution in [0.5, 0.6) is 0 Å². The number of hydrogen-bond donors (Lipinski definition) is 1. The highest BCUT2D eigenvalue weighted by Crippen LogP contribution is 2.23. The Morgan fingerprint density at radius 1 is 1.27 bits per heavy atom. The fourth-order valence-corrected chi connectivity index (χ4v) is 3.17. The van der Waals surface area contributed by atoms with Crippen LogP contribution in [-0.2, 0) is 19.7 Å². The van der Waals surface area contributed by atoms with Gasteiger partial charge in [0.2, 0.25) is 11.8 Å². The number of anilines is 1. The molecule has 2 aliphatic heterocycles. The summed E-state index contributed by atoms with van der Waals surface area (Å²) in [5, 5.41) is 6.75. The number of carbonyl (C=O) groups is 2. The fraction of sp³-hybridized carbons (Fsp3) is 0.722. The summed E-state index contributed by atoms with van der Waals surface area (Å²) in [7, 11) is 0. The molecule has 0 radical (unpaired) electrons. The van der Waals surface area contributed by atoms with Crippen LogP contribution in [0.1, 0.15) is 39.3 Å². The molecule has 2 fully saturated rings. The number of nitrogens with one attached hydrogen (secondary N) is 1. The van der Waals surface area contributed by atoms with E-state index in [9.17, 15) is 9.59 Å². The van der Waals surface area contributed by atoms with Crippen LogP contribution in [-0.4, -0.2) is 72.2 Å². The molecule has 8 nitrogen and oxygen atoms in total. The number of rotatable bonds is 4. The van der Waals surface area contributed by atoms with E-state index < -0.39 is 0 Å². The van der Waals surface area contributed by atoms with Crippen LogP contribution in [0.25, 0.3) is 0 Å². The second-order valence-corrected chi connectivity index (χ2v) is 7.98. The number of aromatic nitrogens is 1. The van der Waals surface area contributed by atoms with Crippen LogP contribution in [0.4, 0.5) is 5.88 Å². The molecule has 0 bridgehead atoms. The van der Waals surface area contributed by atoms with Crippen LogP contribution >= 0.6 is 0 Å². The molecule has 3 rings (SSSR count). The summed E-state index contributed by atoms with van der Waals surface area (Å²) in [5.41, 5.74) is 0.673. The van der Waals surface area contributed by atoms with Gasteiger partial charge in [0.05, 0.1) is 12.2 Å². The van der Waals surface area contributed by atoms with Crippen molar-refractivity contribution in [3.8, 4) is 0 Å². The number of nitrogens with zero attached hydrogens (tertiary/aromatic N) is 3. The normalized spacial score (nSPS) is 21.8. The summed E-state index contributed by atoms with van der Waals surface area (Å²) in [5.74, 6) is 0.315. The third-order valence-corrected chi connectivity index (χ3v) is 4.80. The minimum Gasteiger partial charge on any atom is -0.368 e. The highest BCUT2D eigenvalue weighted by Gasteiger charge is 2.30. The molecule has 8 heteroatoms. The van der Waals surface area contributed by atoms with Crippen LogP contribution in [0, 0.1) is 0 Å². The Morgan fingerprint density at radius 3 is 2.58 bits per heavy atom. The van der Waals surface area contributed by atoms with Gasteiger partial charge in [0.15, 0.2) is 0 Å². The minimum atomic E-state index is -0.270. The Balaban J connectivity index is 1.43. The molecule has 1 atom stereocenters. The standard InChI is InChI=1S/C18H28N4O4/c1-18(2,3)14-11-16(26-20-14)19-15(23)12-21-6-8-22(9-7-21)17(24)13-5-4-10-25-13/h11,13H,4-10,12H2,1-3H3,(H,19,23). The lowest BCUT2D eigenvalue weighted by Crippen LogP contribution is -2.52. The molecule has 3 heterocycles. The predicted molar refractivity (Wildman–Crippen MR) is 95.8 cm³/mol. The third kappa shape index (κ3) is 4.62. The maximum atomic E-state index is 12.3. The molecule has 1 unspecified atom stereocenters. The van der Waals surface area contributed by atoms with Crippen LogP contribution in [0.15, 0.2) is 10.6 Å². The SMILES string of the molecule is CC(C)(C)c1cc(NC(=O)CN2CCN(C(=O)C3CCCO3)CC2)on1. The van der Waals surface area contributed by atoms with Crippen molar-refractivity contribution in [2.24, 2.45) is 0 Å². The molecule has 144 valence electrons. The Bertz CT molecular complexity index is 638. The molecule has 0 aromatic carbocycles. The molecule has 26 heavy (non-hydrogen) atoms. The van der Waals surface area contributed by atoms with E-state index in [0.717, 1.165) is 18.5 Å². The van der Waals surface area contributed by atoms with Gasteiger partial charge in [-0.3, -0.25) is 19.8 Å². The van der Waals surface area contributed by atoms with Crippen molar-refractivity contribution in [1.29, 1.82) is 0 Å². The molecular weight excluding hydrogens is 336 g/mol. The smallest absolute Gasteiger partial charge is 0.251 e. The summed E-state index contributed by atoms with van der Waals surface area (Å²) in [6.45, 7) is 9.66. The van der Waals surface area contributed by atoms with Gasteiger partial charge in [-0.1, -0.05) is 25.9 Å². The van der Waals surface area contributed by atoms with Crippen molar-refractivity contribution >= 4 is 17.7 Å². The topological polar surface area (TPSA) is 87.9 Å². The van der Waals surface area contributed by atoms with Gasteiger partial charge in [0.25, 0.3) is 5.91 Å². The molecule has 1 aromatic rings. The number of hydrogen-bond acceptors (Lipinski definition) is 6. The monoisotopic (exact) mass is 364 g/mol. The second kappa shape index (κ2) is 7.75. The zero-order valence-electron chi connectivity index (χ0n) is 15.8. The highest BCUT2D eigenvalue weighted by atomic mass is 16.5. The van der Waals surface area contributed by atoms with Crippen molar-refractivity contribution in [3.63, 3.8) is 0 Å². The molecule has 0 aliphatic carbocycles. The molecular formula is C18H28N4O4. The van der Waals surface area contributed by atoms with Gasteiger partial charge in [-0.15, -0.1) is 0 Å². The van der Waals surface area contributed by atoms with Crippen molar-refractivity contribution in [2.75, 3.05) is 44.6 Å². The van der Waals surface area contributed by atoms with E-state index >= 15 is 0 Å². The molecule has 0 spiro atoms. The first-order valence-electron chi connectivity index (χ1n) is 9.23. The lowest BCUT2D eigenvalue weighted by atomic mass is 9.92. The zero-order chi connectivity index (χ0) is 18.7. The molecule has 2 amide bonds. The van der Waals surface area contributed by atoms with Gasteiger partial charge in [-0.2, -0.15) is 0 Å². The van der Waals surface area contributed by atoms with E-state index in [4.69, 9.17) is 9.26 Å². The third-order valence-electron chi connectivity index (χ3n) is 4.80. The minimum absolute atomic E-state index is 0.0861. The number of piperazine rings is 1. The zero-order valence-corrected chi connectivity index (χ0v) is 15.8. The van der Waals surface area contributed by atoms with Gasteiger partial charge in [-0.25, -0.2) is 0 Å². The lowest BCUT2D eigenvalue weighted by Gasteiger charge is -2.35. The Morgan fingerprint density at radius 2 is 2.00 bits per heavy atom. The van der Waals surface area contributed by atoms with Crippen molar-refractivity contribution in [3.05, 3.63) is 11.8 Å². The summed E-state index contributed by atoms with van der Waals surface area (Å²) in [4.78, 5) is 28.4. The quantitative estimate of drug-likeness (QED) is 0.865. The van der Waals surface area contributed by atoms with Crippen LogP contribution in [0.2, 0.25) is 0 Å². The largest absolute Gasteiger partial charge is 0.368 e. The lowest BCUT2D eigenvalue weighted by molar-refractivity contribution is -0.142. The predicted octanol–water partition coefficient (Wildman–Crippen LogP) is 1.23. The van der Waals surface area contributed by atoms with E-state index in [1.807, 2.05) is 30.6 Å². The summed E-state index contributed by atoms with van der Waals surface area (Å²) >= 11 is 0. The van der Waals surface area contributed by atoms with Crippen molar-refractivity contribution in [2.45, 2.75) is 45.1 Å². The van der Waals surface area contributed by atoms with E-state index in [-0.39, 0.29) is 29.9 Å². The van der Waals surface area contributed by atoms with Gasteiger partial charge >= 0.3 is 0 Å². The second-order valence-electron chi connectivity index (χ2n) is 7.98. The number of carbonyl (C=O) groups excluding carboxylic acids is 2. The molecule has 1 aromatic heterocycles. The number of ether oxygens (including phenoxy) is 1. The van der Waals surface area contributed by atoms with Gasteiger partial charge in [-0.05, 0) is 12.8 Å². The first kappa shape index (κ1) is 18.8. The maximum Gasteiger partial charge on any atom is 0.251 e. The first-order valence-corrected chi connectivity index (χ1v) is 9.23. The Hall–Kier alpha value is -1.93. The molecule has 2 aliphatic rings. The summed E-state index contributed by atoms with van der Waals surface area (Å²) in [6, 6.07) is 1.76. The van der Waals surface area contributed by atoms with Crippen LogP contribution < -0.4 is 5.32 Å². The average molecular weight is 364 g/mol. The highest BCUT2D eigenvalue weighted by molar-refractivity contribution is 5.91. The van der Waals surface area contributed by atoms with Gasteiger partial charge in [0, 0.05) is 44.3 Å². The van der Waals surface area contributed by atoms with Gasteiger partial charge in [0.1, 0.15) is 6.10 Å².